The van der Waals surface area contributed by atoms with Gasteiger partial charge < -0.3 is 5.32 Å². The monoisotopic (exact) mass is 319 g/mol. The standard InChI is InChI=1S/C12H15F6NS/c1-3-6-19-9(8-5-4-7(2)20-8)10(11(13,14)15)12(16,17)18/h4-5,9-10,19H,3,6H2,1-2H3. The predicted octanol–water partition coefficient (Wildman–Crippen LogP) is 4.84. The van der Waals surface area contributed by atoms with Gasteiger partial charge in [-0.3, -0.25) is 0 Å². The summed E-state index contributed by atoms with van der Waals surface area (Å²) in [7, 11) is 0. The van der Waals surface area contributed by atoms with E-state index >= 15 is 0 Å². The largest absolute Gasteiger partial charge is 0.402 e. The number of alkyl halides is 6. The minimum atomic E-state index is -5.35. The maximum Gasteiger partial charge on any atom is 0.402 e. The number of hydrogen-bond donors (Lipinski definition) is 1. The van der Waals surface area contributed by atoms with Crippen molar-refractivity contribution in [2.45, 2.75) is 38.7 Å². The molecule has 0 amide bonds. The van der Waals surface area contributed by atoms with Crippen LogP contribution < -0.4 is 5.32 Å². The zero-order chi connectivity index (χ0) is 15.6. The Morgan fingerprint density at radius 1 is 1.10 bits per heavy atom. The van der Waals surface area contributed by atoms with Crippen LogP contribution in [0, 0.1) is 12.8 Å². The van der Waals surface area contributed by atoms with Crippen molar-refractivity contribution in [2.75, 3.05) is 6.54 Å². The third kappa shape index (κ3) is 4.37. The number of aryl methyl sites for hydroxylation is 1. The predicted molar refractivity (Wildman–Crippen MR) is 65.7 cm³/mol. The van der Waals surface area contributed by atoms with Gasteiger partial charge in [-0.1, -0.05) is 6.92 Å². The molecule has 0 aromatic carbocycles. The molecular weight excluding hydrogens is 304 g/mol. The van der Waals surface area contributed by atoms with Crippen molar-refractivity contribution in [1.29, 1.82) is 0 Å². The van der Waals surface area contributed by atoms with Crippen LogP contribution in [-0.4, -0.2) is 18.9 Å². The van der Waals surface area contributed by atoms with Gasteiger partial charge >= 0.3 is 12.4 Å². The highest BCUT2D eigenvalue weighted by Gasteiger charge is 2.60. The molecule has 1 aromatic rings. The molecule has 20 heavy (non-hydrogen) atoms. The summed E-state index contributed by atoms with van der Waals surface area (Å²) in [6.07, 6.45) is -10.2. The average molecular weight is 319 g/mol. The smallest absolute Gasteiger partial charge is 0.308 e. The highest BCUT2D eigenvalue weighted by atomic mass is 32.1. The molecule has 8 heteroatoms. The maximum atomic E-state index is 12.8. The van der Waals surface area contributed by atoms with Gasteiger partial charge in [-0.2, -0.15) is 26.3 Å². The van der Waals surface area contributed by atoms with Gasteiger partial charge in [0.2, 0.25) is 0 Å². The molecule has 1 unspecified atom stereocenters. The molecule has 1 N–H and O–H groups in total. The Hall–Kier alpha value is -0.760. The molecular formula is C12H15F6NS. The Morgan fingerprint density at radius 3 is 2.00 bits per heavy atom. The molecule has 1 heterocycles. The lowest BCUT2D eigenvalue weighted by atomic mass is 9.96. The third-order valence-electron chi connectivity index (χ3n) is 2.72. The van der Waals surface area contributed by atoms with E-state index in [0.717, 1.165) is 11.3 Å². The molecule has 0 aliphatic carbocycles. The van der Waals surface area contributed by atoms with E-state index in [0.29, 0.717) is 11.3 Å². The van der Waals surface area contributed by atoms with Crippen LogP contribution in [-0.2, 0) is 0 Å². The van der Waals surface area contributed by atoms with Gasteiger partial charge in [0.1, 0.15) is 0 Å². The van der Waals surface area contributed by atoms with Gasteiger partial charge in [-0.05, 0) is 32.0 Å². The molecule has 0 radical (unpaired) electrons. The Labute approximate surface area is 117 Å². The molecule has 1 atom stereocenters. The van der Waals surface area contributed by atoms with Crippen molar-refractivity contribution < 1.29 is 26.3 Å². The van der Waals surface area contributed by atoms with Gasteiger partial charge in [0, 0.05) is 9.75 Å². The second-order valence-corrected chi connectivity index (χ2v) is 5.76. The van der Waals surface area contributed by atoms with Gasteiger partial charge in [-0.25, -0.2) is 0 Å². The lowest BCUT2D eigenvalue weighted by molar-refractivity contribution is -0.292. The Balaban J connectivity index is 3.18. The van der Waals surface area contributed by atoms with E-state index in [1.165, 1.54) is 12.1 Å². The summed E-state index contributed by atoms with van der Waals surface area (Å²) in [6.45, 7) is 3.41. The Morgan fingerprint density at radius 2 is 1.65 bits per heavy atom. The van der Waals surface area contributed by atoms with Crippen LogP contribution in [0.3, 0.4) is 0 Å². The van der Waals surface area contributed by atoms with Crippen LogP contribution in [0.15, 0.2) is 12.1 Å². The minimum absolute atomic E-state index is 0.0515. The normalized spacial score (nSPS) is 14.8. The summed E-state index contributed by atoms with van der Waals surface area (Å²) in [4.78, 5) is 0.724. The zero-order valence-corrected chi connectivity index (χ0v) is 11.7. The first-order valence-electron chi connectivity index (χ1n) is 6.00. The van der Waals surface area contributed by atoms with Gasteiger partial charge in [0.15, 0.2) is 5.92 Å². The highest BCUT2D eigenvalue weighted by Crippen LogP contribution is 2.47. The quantitative estimate of drug-likeness (QED) is 0.766. The van der Waals surface area contributed by atoms with E-state index < -0.39 is 24.3 Å². The second kappa shape index (κ2) is 6.34. The SMILES string of the molecule is CCCNC(c1ccc(C)s1)C(C(F)(F)F)C(F)(F)F. The van der Waals surface area contributed by atoms with E-state index in [2.05, 4.69) is 5.32 Å². The number of halogens is 6. The van der Waals surface area contributed by atoms with Crippen molar-refractivity contribution in [3.8, 4) is 0 Å². The summed E-state index contributed by atoms with van der Waals surface area (Å²) in [5.74, 6) is -3.40. The molecule has 0 bridgehead atoms. The average Bonchev–Trinajstić information content (AvgIpc) is 2.67. The van der Waals surface area contributed by atoms with Crippen LogP contribution in [0.4, 0.5) is 26.3 Å². The molecule has 116 valence electrons. The van der Waals surface area contributed by atoms with Gasteiger partial charge in [0.05, 0.1) is 6.04 Å². The summed E-state index contributed by atoms with van der Waals surface area (Å²) in [5, 5.41) is 2.38. The van der Waals surface area contributed by atoms with E-state index in [1.54, 1.807) is 13.8 Å². The lowest BCUT2D eigenvalue weighted by Gasteiger charge is -2.30. The Kier molecular flexibility index (Phi) is 5.48. The molecule has 0 aliphatic rings. The topological polar surface area (TPSA) is 12.0 Å². The molecule has 1 aromatic heterocycles. The lowest BCUT2D eigenvalue weighted by Crippen LogP contribution is -2.45. The Bertz CT molecular complexity index is 408. The third-order valence-corrected chi connectivity index (χ3v) is 3.80. The molecule has 0 saturated heterocycles. The van der Waals surface area contributed by atoms with Crippen LogP contribution in [0.2, 0.25) is 0 Å². The number of hydrogen-bond acceptors (Lipinski definition) is 2. The minimum Gasteiger partial charge on any atom is -0.308 e. The van der Waals surface area contributed by atoms with Crippen LogP contribution in [0.25, 0.3) is 0 Å². The van der Waals surface area contributed by atoms with Gasteiger partial charge in [0.25, 0.3) is 0 Å². The fourth-order valence-electron chi connectivity index (χ4n) is 1.87. The van der Waals surface area contributed by atoms with Crippen LogP contribution in [0.1, 0.15) is 29.1 Å². The van der Waals surface area contributed by atoms with Crippen molar-refractivity contribution in [2.24, 2.45) is 5.92 Å². The van der Waals surface area contributed by atoms with Crippen molar-refractivity contribution in [3.05, 3.63) is 21.9 Å². The molecule has 0 saturated carbocycles. The molecule has 1 nitrogen and oxygen atoms in total. The number of nitrogens with one attached hydrogen (secondary N) is 1. The molecule has 0 spiro atoms. The fourth-order valence-corrected chi connectivity index (χ4v) is 2.86. The van der Waals surface area contributed by atoms with Gasteiger partial charge in [-0.15, -0.1) is 11.3 Å². The fraction of sp³-hybridized carbons (Fsp3) is 0.667. The highest BCUT2D eigenvalue weighted by molar-refractivity contribution is 7.12. The number of thiophene rings is 1. The van der Waals surface area contributed by atoms with E-state index in [-0.39, 0.29) is 11.4 Å². The second-order valence-electron chi connectivity index (χ2n) is 4.44. The molecule has 0 aliphatic heterocycles. The van der Waals surface area contributed by atoms with Crippen molar-refractivity contribution in [3.63, 3.8) is 0 Å². The van der Waals surface area contributed by atoms with E-state index in [9.17, 15) is 26.3 Å². The zero-order valence-electron chi connectivity index (χ0n) is 10.9. The summed E-state index contributed by atoms with van der Waals surface area (Å²) in [5.41, 5.74) is 0. The van der Waals surface area contributed by atoms with Crippen molar-refractivity contribution >= 4 is 11.3 Å². The summed E-state index contributed by atoms with van der Waals surface area (Å²) in [6, 6.07) is 1.04. The van der Waals surface area contributed by atoms with Crippen LogP contribution >= 0.6 is 11.3 Å². The summed E-state index contributed by atoms with van der Waals surface area (Å²) >= 11 is 0.944. The number of rotatable bonds is 5. The molecule has 0 fully saturated rings. The van der Waals surface area contributed by atoms with E-state index in [4.69, 9.17) is 0 Å². The maximum absolute atomic E-state index is 12.8. The van der Waals surface area contributed by atoms with Crippen molar-refractivity contribution in [1.82, 2.24) is 5.32 Å². The summed E-state index contributed by atoms with van der Waals surface area (Å²) < 4.78 is 77.0. The first-order chi connectivity index (χ1) is 9.07. The molecule has 1 rings (SSSR count). The first kappa shape index (κ1) is 17.3. The van der Waals surface area contributed by atoms with E-state index in [1.807, 2.05) is 0 Å². The first-order valence-corrected chi connectivity index (χ1v) is 6.82. The van der Waals surface area contributed by atoms with Crippen LogP contribution in [0.5, 0.6) is 0 Å².